The Labute approximate surface area is 149 Å². The molecule has 4 rings (SSSR count). The van der Waals surface area contributed by atoms with Crippen LogP contribution in [0.5, 0.6) is 0 Å². The lowest BCUT2D eigenvalue weighted by atomic mass is 9.70. The summed E-state index contributed by atoms with van der Waals surface area (Å²) >= 11 is -0.314. The summed E-state index contributed by atoms with van der Waals surface area (Å²) in [5.74, 6) is 1.71. The van der Waals surface area contributed by atoms with Gasteiger partial charge in [-0.1, -0.05) is 41.5 Å². The highest BCUT2D eigenvalue weighted by Crippen LogP contribution is 2.67. The van der Waals surface area contributed by atoms with Gasteiger partial charge in [0.15, 0.2) is 0 Å². The molecular weight excluding hydrogens is 299 g/mol. The summed E-state index contributed by atoms with van der Waals surface area (Å²) in [6.45, 7) is 14.8. The number of rotatable bonds is 4. The normalized spacial score (nSPS) is 52.3. The van der Waals surface area contributed by atoms with Gasteiger partial charge >= 0.3 is 15.9 Å². The highest BCUT2D eigenvalue weighted by molar-refractivity contribution is 6.18. The molecule has 6 atom stereocenters. The van der Waals surface area contributed by atoms with Crippen molar-refractivity contribution in [1.29, 1.82) is 0 Å². The molecular formula is C20H34AlO2. The van der Waals surface area contributed by atoms with Gasteiger partial charge in [-0.3, -0.25) is 0 Å². The van der Waals surface area contributed by atoms with Crippen LogP contribution in [-0.2, 0) is 7.58 Å². The lowest BCUT2D eigenvalue weighted by Crippen LogP contribution is -2.41. The van der Waals surface area contributed by atoms with E-state index in [1.165, 1.54) is 38.5 Å². The molecule has 0 amide bonds. The van der Waals surface area contributed by atoms with Gasteiger partial charge in [-0.15, -0.1) is 0 Å². The first-order valence-corrected chi connectivity index (χ1v) is 10.7. The first-order valence-electron chi connectivity index (χ1n) is 9.75. The summed E-state index contributed by atoms with van der Waals surface area (Å²) in [6.07, 6.45) is 8.87. The van der Waals surface area contributed by atoms with Crippen LogP contribution >= 0.6 is 0 Å². The molecule has 4 saturated carbocycles. The average Bonchev–Trinajstić information content (AvgIpc) is 2.98. The van der Waals surface area contributed by atoms with Gasteiger partial charge < -0.3 is 7.58 Å². The van der Waals surface area contributed by atoms with Crippen LogP contribution in [0.15, 0.2) is 0 Å². The smallest absolute Gasteiger partial charge is 0.481 e. The molecule has 2 nitrogen and oxygen atoms in total. The van der Waals surface area contributed by atoms with Gasteiger partial charge in [0.25, 0.3) is 0 Å². The summed E-state index contributed by atoms with van der Waals surface area (Å²) in [4.78, 5) is 0. The molecule has 3 heteroatoms. The van der Waals surface area contributed by atoms with Crippen LogP contribution < -0.4 is 0 Å². The maximum absolute atomic E-state index is 6.42. The van der Waals surface area contributed by atoms with Crippen LogP contribution in [-0.4, -0.2) is 28.1 Å². The Kier molecular flexibility index (Phi) is 3.67. The van der Waals surface area contributed by atoms with E-state index in [0.29, 0.717) is 33.9 Å². The van der Waals surface area contributed by atoms with E-state index in [0.717, 1.165) is 11.8 Å². The Morgan fingerprint density at radius 1 is 0.696 bits per heavy atom. The van der Waals surface area contributed by atoms with E-state index in [9.17, 15) is 0 Å². The van der Waals surface area contributed by atoms with Crippen LogP contribution in [0, 0.1) is 33.5 Å². The SMILES string of the molecule is CC1(C)C2CCC1(C)C([O][Al][O]C1CC3CCC1(C)C3(C)C)C2. The fourth-order valence-electron chi connectivity index (χ4n) is 6.84. The zero-order chi connectivity index (χ0) is 16.7. The molecule has 0 saturated heterocycles. The number of hydrogen-bond donors (Lipinski definition) is 0. The standard InChI is InChI=1S/2C10H17O.Al/c2*1-9(2)7-4-5-10(9,3)8(11)6-7;/h2*7-8H,4-6H2,1-3H3;/q2*-1;+2. The largest absolute Gasteiger partial charge is 0.668 e. The molecule has 0 N–H and O–H groups in total. The van der Waals surface area contributed by atoms with Gasteiger partial charge in [-0.2, -0.15) is 0 Å². The average molecular weight is 333 g/mol. The molecule has 0 aromatic heterocycles. The summed E-state index contributed by atoms with van der Waals surface area (Å²) in [7, 11) is 0. The van der Waals surface area contributed by atoms with Crippen molar-refractivity contribution >= 4 is 15.9 Å². The third-order valence-electron chi connectivity index (χ3n) is 9.87. The van der Waals surface area contributed by atoms with E-state index in [4.69, 9.17) is 7.58 Å². The fraction of sp³-hybridized carbons (Fsp3) is 1.00. The van der Waals surface area contributed by atoms with Gasteiger partial charge in [0, 0.05) is 12.2 Å². The van der Waals surface area contributed by atoms with Gasteiger partial charge in [-0.05, 0) is 72.0 Å². The van der Waals surface area contributed by atoms with E-state index >= 15 is 0 Å². The topological polar surface area (TPSA) is 18.5 Å². The third kappa shape index (κ3) is 2.00. The highest BCUT2D eigenvalue weighted by Gasteiger charge is 2.63. The molecule has 0 aromatic rings. The molecule has 4 bridgehead atoms. The Morgan fingerprint density at radius 2 is 1.09 bits per heavy atom. The number of hydrogen-bond acceptors (Lipinski definition) is 2. The van der Waals surface area contributed by atoms with E-state index in [1.54, 1.807) is 0 Å². The molecule has 4 fully saturated rings. The molecule has 1 radical (unpaired) electrons. The lowest BCUT2D eigenvalue weighted by molar-refractivity contribution is -0.0148. The zero-order valence-electron chi connectivity index (χ0n) is 15.9. The Bertz CT molecular complexity index is 458. The molecule has 0 aromatic carbocycles. The zero-order valence-corrected chi connectivity index (χ0v) is 17.1. The summed E-state index contributed by atoms with van der Waals surface area (Å²) < 4.78 is 12.8. The second-order valence-electron chi connectivity index (χ2n) is 10.6. The minimum absolute atomic E-state index is 0.314. The molecule has 0 spiro atoms. The fourth-order valence-corrected chi connectivity index (χ4v) is 7.99. The molecule has 4 aliphatic rings. The molecule has 0 heterocycles. The van der Waals surface area contributed by atoms with Crippen LogP contribution in [0.4, 0.5) is 0 Å². The van der Waals surface area contributed by atoms with Crippen molar-refractivity contribution in [3.63, 3.8) is 0 Å². The van der Waals surface area contributed by atoms with Crippen LogP contribution in [0.3, 0.4) is 0 Å². The van der Waals surface area contributed by atoms with Crippen molar-refractivity contribution in [1.82, 2.24) is 0 Å². The minimum atomic E-state index is -0.314. The maximum Gasteiger partial charge on any atom is 0.668 e. The summed E-state index contributed by atoms with van der Waals surface area (Å²) in [6, 6.07) is 0. The third-order valence-corrected chi connectivity index (χ3v) is 10.7. The van der Waals surface area contributed by atoms with Crippen molar-refractivity contribution in [3.8, 4) is 0 Å². The van der Waals surface area contributed by atoms with Gasteiger partial charge in [0.2, 0.25) is 0 Å². The van der Waals surface area contributed by atoms with E-state index in [1.807, 2.05) is 0 Å². The molecule has 129 valence electrons. The van der Waals surface area contributed by atoms with Crippen molar-refractivity contribution in [2.45, 2.75) is 92.3 Å². The Hall–Kier alpha value is 0.452. The molecule has 4 aliphatic carbocycles. The quantitative estimate of drug-likeness (QED) is 0.675. The van der Waals surface area contributed by atoms with Crippen molar-refractivity contribution in [3.05, 3.63) is 0 Å². The minimum Gasteiger partial charge on any atom is -0.481 e. The summed E-state index contributed by atoms with van der Waals surface area (Å²) in [5, 5.41) is 0. The van der Waals surface area contributed by atoms with E-state index < -0.39 is 0 Å². The molecule has 0 aliphatic heterocycles. The predicted octanol–water partition coefficient (Wildman–Crippen LogP) is 4.98. The van der Waals surface area contributed by atoms with E-state index in [-0.39, 0.29) is 15.9 Å². The predicted molar refractivity (Wildman–Crippen MR) is 94.0 cm³/mol. The van der Waals surface area contributed by atoms with Crippen LogP contribution in [0.25, 0.3) is 0 Å². The summed E-state index contributed by atoms with van der Waals surface area (Å²) in [5.41, 5.74) is 1.62. The monoisotopic (exact) mass is 333 g/mol. The van der Waals surface area contributed by atoms with Gasteiger partial charge in [0.05, 0.1) is 0 Å². The number of fused-ring (bicyclic) bond motifs is 4. The highest BCUT2D eigenvalue weighted by atomic mass is 27.2. The van der Waals surface area contributed by atoms with Crippen molar-refractivity contribution < 1.29 is 7.58 Å². The maximum atomic E-state index is 6.42. The first-order chi connectivity index (χ1) is 10.6. The van der Waals surface area contributed by atoms with Crippen LogP contribution in [0.2, 0.25) is 0 Å². The van der Waals surface area contributed by atoms with Gasteiger partial charge in [0.1, 0.15) is 0 Å². The second-order valence-corrected chi connectivity index (χ2v) is 11.3. The molecule has 6 unspecified atom stereocenters. The van der Waals surface area contributed by atoms with E-state index in [2.05, 4.69) is 41.5 Å². The first kappa shape index (κ1) is 16.9. The lowest BCUT2D eigenvalue weighted by Gasteiger charge is -2.41. The molecule has 23 heavy (non-hydrogen) atoms. The Morgan fingerprint density at radius 3 is 1.35 bits per heavy atom. The van der Waals surface area contributed by atoms with Crippen LogP contribution in [0.1, 0.15) is 80.1 Å². The van der Waals surface area contributed by atoms with Crippen molar-refractivity contribution in [2.75, 3.05) is 0 Å². The van der Waals surface area contributed by atoms with Crippen molar-refractivity contribution in [2.24, 2.45) is 33.5 Å². The Balaban J connectivity index is 1.36. The van der Waals surface area contributed by atoms with Gasteiger partial charge in [-0.25, -0.2) is 0 Å². The second kappa shape index (κ2) is 5.00.